The number of carboxylic acid groups (broad SMARTS) is 1. The number of nitro groups is 1. The summed E-state index contributed by atoms with van der Waals surface area (Å²) in [6, 6.07) is 5.06. The van der Waals surface area contributed by atoms with Crippen molar-refractivity contribution in [3.8, 4) is 5.75 Å². The lowest BCUT2D eigenvalue weighted by molar-refractivity contribution is -0.384. The Morgan fingerprint density at radius 1 is 1.07 bits per heavy atom. The highest BCUT2D eigenvalue weighted by Gasteiger charge is 2.18. The Balaban J connectivity index is 2.47. The zero-order valence-corrected chi connectivity index (χ0v) is 15.6. The minimum atomic E-state index is -0.949. The number of hydrogen-bond acceptors (Lipinski definition) is 6. The monoisotopic (exact) mass is 381 g/mol. The number of carbonyl (C=O) groups excluding carboxylic acids is 1. The Morgan fingerprint density at radius 2 is 1.70 bits per heavy atom. The third kappa shape index (κ3) is 10.2. The van der Waals surface area contributed by atoms with Crippen molar-refractivity contribution in [1.29, 1.82) is 0 Å². The maximum atomic E-state index is 11.9. The largest absolute Gasteiger partial charge is 0.514 e. The van der Waals surface area contributed by atoms with Crippen LogP contribution in [0, 0.1) is 10.1 Å². The molecular weight excluding hydrogens is 354 g/mol. The molecule has 0 fully saturated rings. The van der Waals surface area contributed by atoms with Crippen molar-refractivity contribution in [2.24, 2.45) is 0 Å². The molecule has 0 aliphatic rings. The number of nitrogens with zero attached hydrogens (tertiary/aromatic N) is 1. The Kier molecular flexibility index (Phi) is 10.5. The van der Waals surface area contributed by atoms with Crippen LogP contribution in [0.3, 0.4) is 0 Å². The summed E-state index contributed by atoms with van der Waals surface area (Å²) in [5.74, 6) is -0.822. The SMILES string of the molecule is CCCCCCCC[C@H](CCC(=O)O)OC(=O)Oc1ccc([N+](=O)[O-])cc1. The molecule has 1 aromatic rings. The summed E-state index contributed by atoms with van der Waals surface area (Å²) in [5.41, 5.74) is -0.113. The van der Waals surface area contributed by atoms with E-state index in [1.807, 2.05) is 0 Å². The number of hydrogen-bond donors (Lipinski definition) is 1. The maximum Gasteiger partial charge on any atom is 0.514 e. The molecule has 0 saturated heterocycles. The number of carboxylic acids is 1. The number of non-ortho nitro benzene ring substituents is 1. The van der Waals surface area contributed by atoms with Crippen LogP contribution >= 0.6 is 0 Å². The van der Waals surface area contributed by atoms with Gasteiger partial charge in [-0.3, -0.25) is 14.9 Å². The number of carbonyl (C=O) groups is 2. The number of aliphatic carboxylic acids is 1. The fraction of sp³-hybridized carbons (Fsp3) is 0.579. The molecule has 0 saturated carbocycles. The molecule has 0 heterocycles. The van der Waals surface area contributed by atoms with Crippen molar-refractivity contribution < 1.29 is 29.1 Å². The predicted molar refractivity (Wildman–Crippen MR) is 98.9 cm³/mol. The van der Waals surface area contributed by atoms with Gasteiger partial charge >= 0.3 is 12.1 Å². The Labute approximate surface area is 158 Å². The molecule has 0 amide bonds. The van der Waals surface area contributed by atoms with Crippen LogP contribution in [0.5, 0.6) is 5.75 Å². The maximum absolute atomic E-state index is 11.9. The fourth-order valence-corrected chi connectivity index (χ4v) is 2.59. The lowest BCUT2D eigenvalue weighted by atomic mass is 10.0. The van der Waals surface area contributed by atoms with Gasteiger partial charge in [-0.25, -0.2) is 4.79 Å². The highest BCUT2D eigenvalue weighted by Crippen LogP contribution is 2.19. The Hall–Kier alpha value is -2.64. The van der Waals surface area contributed by atoms with Gasteiger partial charge < -0.3 is 14.6 Å². The van der Waals surface area contributed by atoms with Gasteiger partial charge in [0.2, 0.25) is 0 Å². The van der Waals surface area contributed by atoms with Crippen molar-refractivity contribution >= 4 is 17.8 Å². The number of ether oxygens (including phenoxy) is 2. The molecule has 0 aliphatic heterocycles. The van der Waals surface area contributed by atoms with Crippen LogP contribution in [0.1, 0.15) is 64.7 Å². The lowest BCUT2D eigenvalue weighted by Gasteiger charge is -2.17. The van der Waals surface area contributed by atoms with E-state index >= 15 is 0 Å². The van der Waals surface area contributed by atoms with Gasteiger partial charge in [0, 0.05) is 18.6 Å². The van der Waals surface area contributed by atoms with E-state index in [1.54, 1.807) is 0 Å². The highest BCUT2D eigenvalue weighted by atomic mass is 16.7. The normalized spacial score (nSPS) is 11.6. The first-order chi connectivity index (χ1) is 12.9. The summed E-state index contributed by atoms with van der Waals surface area (Å²) in [5, 5.41) is 19.5. The molecule has 0 aromatic heterocycles. The second-order valence-corrected chi connectivity index (χ2v) is 6.33. The van der Waals surface area contributed by atoms with Crippen LogP contribution in [0.25, 0.3) is 0 Å². The van der Waals surface area contributed by atoms with E-state index in [0.717, 1.165) is 19.3 Å². The second kappa shape index (κ2) is 12.7. The third-order valence-corrected chi connectivity index (χ3v) is 4.07. The minimum Gasteiger partial charge on any atom is -0.481 e. The van der Waals surface area contributed by atoms with Crippen molar-refractivity contribution in [1.82, 2.24) is 0 Å². The molecule has 1 atom stereocenters. The molecule has 0 spiro atoms. The van der Waals surface area contributed by atoms with Crippen molar-refractivity contribution in [2.75, 3.05) is 0 Å². The molecule has 27 heavy (non-hydrogen) atoms. The van der Waals surface area contributed by atoms with Gasteiger partial charge in [-0.1, -0.05) is 39.0 Å². The van der Waals surface area contributed by atoms with Crippen molar-refractivity contribution in [3.63, 3.8) is 0 Å². The Bertz CT molecular complexity index is 601. The smallest absolute Gasteiger partial charge is 0.481 e. The average Bonchev–Trinajstić information content (AvgIpc) is 2.62. The van der Waals surface area contributed by atoms with E-state index < -0.39 is 23.2 Å². The van der Waals surface area contributed by atoms with E-state index in [2.05, 4.69) is 6.92 Å². The summed E-state index contributed by atoms with van der Waals surface area (Å²) in [7, 11) is 0. The number of unbranched alkanes of at least 4 members (excludes halogenated alkanes) is 5. The number of nitro benzene ring substituents is 1. The molecule has 0 unspecified atom stereocenters. The van der Waals surface area contributed by atoms with Crippen LogP contribution in [0.15, 0.2) is 24.3 Å². The highest BCUT2D eigenvalue weighted by molar-refractivity contribution is 5.67. The van der Waals surface area contributed by atoms with Gasteiger partial charge in [-0.05, 0) is 31.4 Å². The molecule has 0 radical (unpaired) electrons. The molecule has 0 bridgehead atoms. The molecule has 1 N–H and O–H groups in total. The molecule has 8 heteroatoms. The zero-order chi connectivity index (χ0) is 20.1. The summed E-state index contributed by atoms with van der Waals surface area (Å²) in [6.45, 7) is 2.15. The van der Waals surface area contributed by atoms with E-state index in [4.69, 9.17) is 14.6 Å². The van der Waals surface area contributed by atoms with E-state index in [-0.39, 0.29) is 24.3 Å². The number of benzene rings is 1. The van der Waals surface area contributed by atoms with Gasteiger partial charge in [-0.15, -0.1) is 0 Å². The molecule has 8 nitrogen and oxygen atoms in total. The van der Waals surface area contributed by atoms with E-state index in [0.29, 0.717) is 6.42 Å². The first kappa shape index (κ1) is 22.4. The summed E-state index contributed by atoms with van der Waals surface area (Å²) >= 11 is 0. The minimum absolute atomic E-state index is 0.0920. The van der Waals surface area contributed by atoms with Crippen LogP contribution < -0.4 is 4.74 Å². The second-order valence-electron chi connectivity index (χ2n) is 6.33. The van der Waals surface area contributed by atoms with Gasteiger partial charge in [0.15, 0.2) is 0 Å². The summed E-state index contributed by atoms with van der Waals surface area (Å²) < 4.78 is 10.3. The van der Waals surface area contributed by atoms with Crippen LogP contribution in [-0.4, -0.2) is 28.3 Å². The first-order valence-electron chi connectivity index (χ1n) is 9.27. The van der Waals surface area contributed by atoms with Crippen LogP contribution in [0.4, 0.5) is 10.5 Å². The summed E-state index contributed by atoms with van der Waals surface area (Å²) in [4.78, 5) is 32.8. The van der Waals surface area contributed by atoms with Crippen molar-refractivity contribution in [3.05, 3.63) is 34.4 Å². The van der Waals surface area contributed by atoms with Gasteiger partial charge in [0.1, 0.15) is 11.9 Å². The first-order valence-corrected chi connectivity index (χ1v) is 9.27. The van der Waals surface area contributed by atoms with Gasteiger partial charge in [0.25, 0.3) is 5.69 Å². The van der Waals surface area contributed by atoms with Crippen molar-refractivity contribution in [2.45, 2.75) is 70.8 Å². The summed E-state index contributed by atoms with van der Waals surface area (Å²) in [6.07, 6.45) is 5.72. The molecular formula is C19H27NO7. The van der Waals surface area contributed by atoms with Gasteiger partial charge in [0.05, 0.1) is 4.92 Å². The molecule has 1 aromatic carbocycles. The van der Waals surface area contributed by atoms with Gasteiger partial charge in [-0.2, -0.15) is 0 Å². The average molecular weight is 381 g/mol. The molecule has 1 rings (SSSR count). The quantitative estimate of drug-likeness (QED) is 0.166. The van der Waals surface area contributed by atoms with Crippen LogP contribution in [0.2, 0.25) is 0 Å². The third-order valence-electron chi connectivity index (χ3n) is 4.07. The topological polar surface area (TPSA) is 116 Å². The number of rotatable bonds is 13. The molecule has 150 valence electrons. The van der Waals surface area contributed by atoms with E-state index in [9.17, 15) is 19.7 Å². The predicted octanol–water partition coefficient (Wildman–Crippen LogP) is 5.09. The zero-order valence-electron chi connectivity index (χ0n) is 15.6. The Morgan fingerprint density at radius 3 is 2.30 bits per heavy atom. The molecule has 0 aliphatic carbocycles. The lowest BCUT2D eigenvalue weighted by Crippen LogP contribution is -2.22. The fourth-order valence-electron chi connectivity index (χ4n) is 2.59. The standard InChI is InChI=1S/C19H27NO7/c1-2-3-4-5-6-7-8-16(13-14-18(21)22)26-19(23)27-17-11-9-15(10-12-17)20(24)25/h9-12,16H,2-8,13-14H2,1H3,(H,21,22)/t16-/m1/s1. The van der Waals surface area contributed by atoms with E-state index in [1.165, 1.54) is 43.5 Å². The van der Waals surface area contributed by atoms with Crippen LogP contribution in [-0.2, 0) is 9.53 Å².